The standard InChI is InChI=1S/C26H48N2O4.4ClH.Pt/c1-3-17-31-25(29)23(19-21-11-7-5-8-12-21)27-15-16-28-24(26(30)32-18-4-2)20-22-13-9-6-10-14-22;;;;;/h21-24,27-28H,3-20H2,1-2H3;4*1H;/q;;;;;+4/p-4. The van der Waals surface area contributed by atoms with E-state index in [2.05, 4.69) is 10.6 Å². The van der Waals surface area contributed by atoms with E-state index in [1.807, 2.05) is 13.8 Å². The average molecular weight is 790 g/mol. The minimum absolute atomic E-state index is 0. The van der Waals surface area contributed by atoms with Gasteiger partial charge in [0.15, 0.2) is 0 Å². The maximum absolute atomic E-state index is 12.6. The Balaban J connectivity index is -0.00000109. The van der Waals surface area contributed by atoms with Crippen molar-refractivity contribution in [1.29, 1.82) is 0 Å². The molecule has 0 aromatic carbocycles. The van der Waals surface area contributed by atoms with Gasteiger partial charge in [0.05, 0.1) is 13.2 Å². The number of esters is 2. The first kappa shape index (κ1) is 44.7. The number of ether oxygens (including phenoxy) is 2. The van der Waals surface area contributed by atoms with Crippen molar-refractivity contribution in [2.45, 2.75) is 116 Å². The fourth-order valence-electron chi connectivity index (χ4n) is 5.14. The molecule has 6 nitrogen and oxygen atoms in total. The first-order valence-corrected chi connectivity index (χ1v) is 13.4. The molecule has 0 aromatic rings. The van der Waals surface area contributed by atoms with Crippen molar-refractivity contribution in [3.05, 3.63) is 0 Å². The Bertz CT molecular complexity index is 495. The molecule has 2 atom stereocenters. The largest absolute Gasteiger partial charge is 4.00 e. The zero-order chi connectivity index (χ0) is 23.0. The summed E-state index contributed by atoms with van der Waals surface area (Å²) in [7, 11) is 0. The topological polar surface area (TPSA) is 76.7 Å². The molecule has 0 saturated heterocycles. The van der Waals surface area contributed by atoms with Crippen LogP contribution in [0, 0.1) is 11.8 Å². The minimum atomic E-state index is -0.254. The monoisotopic (exact) mass is 787 g/mol. The second kappa shape index (κ2) is 28.2. The van der Waals surface area contributed by atoms with Gasteiger partial charge >= 0.3 is 33.0 Å². The summed E-state index contributed by atoms with van der Waals surface area (Å²) in [6, 6.07) is -0.509. The fraction of sp³-hybridized carbons (Fsp3) is 0.923. The molecule has 2 aliphatic rings. The molecule has 0 spiro atoms. The second-order valence-electron chi connectivity index (χ2n) is 9.83. The normalized spacial score (nSPS) is 17.2. The zero-order valence-electron chi connectivity index (χ0n) is 22.5. The van der Waals surface area contributed by atoms with Crippen molar-refractivity contribution in [1.82, 2.24) is 10.6 Å². The summed E-state index contributed by atoms with van der Waals surface area (Å²) in [6.45, 7) is 6.27. The van der Waals surface area contributed by atoms with E-state index >= 15 is 0 Å². The van der Waals surface area contributed by atoms with E-state index in [0.29, 0.717) is 38.1 Å². The molecule has 2 unspecified atom stereocenters. The molecule has 0 aliphatic heterocycles. The van der Waals surface area contributed by atoms with Crippen molar-refractivity contribution >= 4 is 11.9 Å². The van der Waals surface area contributed by atoms with Crippen molar-refractivity contribution in [2.75, 3.05) is 26.3 Å². The molecule has 2 N–H and O–H groups in total. The van der Waals surface area contributed by atoms with Crippen LogP contribution >= 0.6 is 0 Å². The van der Waals surface area contributed by atoms with Crippen LogP contribution in [0.2, 0.25) is 0 Å². The molecular weight excluding hydrogens is 741 g/mol. The molecule has 2 saturated carbocycles. The number of carbonyl (C=O) groups excluding carboxylic acids is 2. The smallest absolute Gasteiger partial charge is 1.00 e. The number of halogens is 4. The van der Waals surface area contributed by atoms with Gasteiger partial charge in [0.2, 0.25) is 0 Å². The SMILES string of the molecule is CCCOC(=O)C(CC1CCCCC1)NCCNC(CC1CCCCC1)C(=O)OCCC.[Cl-].[Cl-].[Cl-].[Cl-].[Pt+4]. The fourth-order valence-corrected chi connectivity index (χ4v) is 5.14. The van der Waals surface area contributed by atoms with Crippen LogP contribution in [0.1, 0.15) is 104 Å². The minimum Gasteiger partial charge on any atom is -1.00 e. The maximum Gasteiger partial charge on any atom is 4.00 e. The third-order valence-corrected chi connectivity index (χ3v) is 6.96. The first-order valence-electron chi connectivity index (χ1n) is 13.4. The summed E-state index contributed by atoms with van der Waals surface area (Å²) in [4.78, 5) is 25.2. The van der Waals surface area contributed by atoms with E-state index in [4.69, 9.17) is 9.47 Å². The quantitative estimate of drug-likeness (QED) is 0.127. The summed E-state index contributed by atoms with van der Waals surface area (Å²) in [6.07, 6.45) is 15.9. The Morgan fingerprint density at radius 1 is 0.649 bits per heavy atom. The predicted molar refractivity (Wildman–Crippen MR) is 128 cm³/mol. The van der Waals surface area contributed by atoms with Gasteiger partial charge in [-0.1, -0.05) is 78.1 Å². The Morgan fingerprint density at radius 3 is 1.27 bits per heavy atom. The molecule has 2 aliphatic carbocycles. The van der Waals surface area contributed by atoms with Crippen LogP contribution in [-0.4, -0.2) is 50.3 Å². The molecular formula is C26H48Cl4N2O4Pt. The van der Waals surface area contributed by atoms with E-state index < -0.39 is 0 Å². The van der Waals surface area contributed by atoms with Gasteiger partial charge in [-0.15, -0.1) is 0 Å². The van der Waals surface area contributed by atoms with Crippen molar-refractivity contribution in [3.8, 4) is 0 Å². The predicted octanol–water partition coefficient (Wildman–Crippen LogP) is -7.24. The maximum atomic E-state index is 12.6. The molecule has 0 bridgehead atoms. The number of carbonyl (C=O) groups is 2. The molecule has 0 heterocycles. The number of hydrogen-bond acceptors (Lipinski definition) is 6. The van der Waals surface area contributed by atoms with Crippen LogP contribution in [0.3, 0.4) is 0 Å². The molecule has 0 aromatic heterocycles. The van der Waals surface area contributed by atoms with E-state index in [0.717, 1.165) is 25.7 Å². The second-order valence-corrected chi connectivity index (χ2v) is 9.83. The Hall–Kier alpha value is 0.708. The molecule has 224 valence electrons. The van der Waals surface area contributed by atoms with Gasteiger partial charge in [0, 0.05) is 13.1 Å². The summed E-state index contributed by atoms with van der Waals surface area (Å²) in [5, 5.41) is 6.86. The van der Waals surface area contributed by atoms with E-state index in [1.165, 1.54) is 64.2 Å². The van der Waals surface area contributed by atoms with E-state index in [9.17, 15) is 9.59 Å². The Morgan fingerprint density at radius 2 is 0.973 bits per heavy atom. The number of nitrogens with one attached hydrogen (secondary N) is 2. The molecule has 2 rings (SSSR count). The van der Waals surface area contributed by atoms with Gasteiger partial charge in [-0.25, -0.2) is 0 Å². The molecule has 11 heteroatoms. The van der Waals surface area contributed by atoms with Crippen LogP contribution in [-0.2, 0) is 40.1 Å². The van der Waals surface area contributed by atoms with Crippen LogP contribution in [0.4, 0.5) is 0 Å². The van der Waals surface area contributed by atoms with Gasteiger partial charge in [-0.3, -0.25) is 9.59 Å². The van der Waals surface area contributed by atoms with Crippen LogP contribution in [0.15, 0.2) is 0 Å². The number of hydrogen-bond donors (Lipinski definition) is 2. The molecule has 37 heavy (non-hydrogen) atoms. The van der Waals surface area contributed by atoms with E-state index in [-0.39, 0.29) is 94.7 Å². The van der Waals surface area contributed by atoms with Gasteiger partial charge in [-0.2, -0.15) is 0 Å². The van der Waals surface area contributed by atoms with E-state index in [1.54, 1.807) is 0 Å². The van der Waals surface area contributed by atoms with Crippen LogP contribution < -0.4 is 60.3 Å². The van der Waals surface area contributed by atoms with Crippen molar-refractivity contribution in [3.63, 3.8) is 0 Å². The Kier molecular flexibility index (Phi) is 34.1. The van der Waals surface area contributed by atoms with Crippen molar-refractivity contribution < 1.29 is 89.8 Å². The van der Waals surface area contributed by atoms with Crippen LogP contribution in [0.25, 0.3) is 0 Å². The van der Waals surface area contributed by atoms with Gasteiger partial charge in [0.25, 0.3) is 0 Å². The van der Waals surface area contributed by atoms with Crippen LogP contribution in [0.5, 0.6) is 0 Å². The van der Waals surface area contributed by atoms with Gasteiger partial charge in [0.1, 0.15) is 12.1 Å². The molecule has 2 fully saturated rings. The summed E-state index contributed by atoms with van der Waals surface area (Å²) in [5.41, 5.74) is 0. The zero-order valence-corrected chi connectivity index (χ0v) is 27.8. The van der Waals surface area contributed by atoms with Crippen molar-refractivity contribution in [2.24, 2.45) is 11.8 Å². The van der Waals surface area contributed by atoms with Gasteiger partial charge < -0.3 is 69.7 Å². The third kappa shape index (κ3) is 19.4. The molecule has 0 radical (unpaired) electrons. The average Bonchev–Trinajstić information content (AvgIpc) is 2.83. The Labute approximate surface area is 265 Å². The molecule has 0 amide bonds. The summed E-state index contributed by atoms with van der Waals surface area (Å²) < 4.78 is 10.9. The third-order valence-electron chi connectivity index (χ3n) is 6.96. The summed E-state index contributed by atoms with van der Waals surface area (Å²) >= 11 is 0. The van der Waals surface area contributed by atoms with Gasteiger partial charge in [-0.05, 0) is 37.5 Å². The summed E-state index contributed by atoms with van der Waals surface area (Å²) in [5.74, 6) is 0.954. The number of rotatable bonds is 15. The first-order chi connectivity index (χ1) is 15.6.